The number of benzene rings is 2. The van der Waals surface area contributed by atoms with Crippen LogP contribution in [0.3, 0.4) is 0 Å². The van der Waals surface area contributed by atoms with Gasteiger partial charge >= 0.3 is 6.18 Å². The van der Waals surface area contributed by atoms with Gasteiger partial charge in [-0.3, -0.25) is 20.0 Å². The molecule has 0 saturated heterocycles. The van der Waals surface area contributed by atoms with E-state index < -0.39 is 22.4 Å². The Kier molecular flexibility index (Phi) is 4.58. The van der Waals surface area contributed by atoms with Crippen LogP contribution in [0.25, 0.3) is 28.0 Å². The summed E-state index contributed by atoms with van der Waals surface area (Å²) in [7, 11) is 0. The summed E-state index contributed by atoms with van der Waals surface area (Å²) in [4.78, 5) is 27.0. The smallest absolute Gasteiger partial charge is 0.284 e. The third kappa shape index (κ3) is 3.41. The predicted octanol–water partition coefficient (Wildman–Crippen LogP) is 4.94. The van der Waals surface area contributed by atoms with Crippen molar-refractivity contribution in [2.45, 2.75) is 6.18 Å². The maximum absolute atomic E-state index is 13.7. The van der Waals surface area contributed by atoms with Crippen LogP contribution in [0.4, 0.5) is 18.9 Å². The monoisotopic (exact) mass is 434 g/mol. The third-order valence-electron chi connectivity index (χ3n) is 4.41. The molecule has 0 amide bonds. The van der Waals surface area contributed by atoms with Gasteiger partial charge in [-0.1, -0.05) is 23.7 Å². The van der Waals surface area contributed by atoms with E-state index in [0.717, 1.165) is 6.07 Å². The fraction of sp³-hybridized carbons (Fsp3) is 0.0526. The third-order valence-corrected chi connectivity index (χ3v) is 4.66. The standard InChI is InChI=1S/C19H10ClF3N4O3/c20-12-5-1-11(2-6-12)16-17(19(21,22)23)25-26-15(28)9-14(24-18(16)26)10-3-7-13(8-4-10)27(29)30/h1-9,25H. The minimum absolute atomic E-state index is 0.0813. The number of alkyl halides is 3. The molecule has 152 valence electrons. The molecule has 0 bridgehead atoms. The Bertz CT molecular complexity index is 1330. The summed E-state index contributed by atoms with van der Waals surface area (Å²) >= 11 is 5.84. The number of halogens is 4. The summed E-state index contributed by atoms with van der Waals surface area (Å²) in [5, 5.41) is 13.2. The summed E-state index contributed by atoms with van der Waals surface area (Å²) < 4.78 is 41.7. The Morgan fingerprint density at radius 2 is 1.63 bits per heavy atom. The summed E-state index contributed by atoms with van der Waals surface area (Å²) in [5.74, 6) is 0. The zero-order chi connectivity index (χ0) is 21.6. The van der Waals surface area contributed by atoms with Crippen molar-refractivity contribution in [3.8, 4) is 22.4 Å². The maximum Gasteiger partial charge on any atom is 0.433 e. The van der Waals surface area contributed by atoms with Crippen LogP contribution >= 0.6 is 11.6 Å². The van der Waals surface area contributed by atoms with E-state index >= 15 is 0 Å². The van der Waals surface area contributed by atoms with Crippen molar-refractivity contribution >= 4 is 22.9 Å². The SMILES string of the molecule is O=c1cc(-c2ccc([N+](=O)[O-])cc2)nc2c(-c3ccc(Cl)cc3)c(C(F)(F)F)[nH]n12. The number of nitrogens with zero attached hydrogens (tertiary/aromatic N) is 3. The van der Waals surface area contributed by atoms with E-state index in [4.69, 9.17) is 11.6 Å². The molecule has 7 nitrogen and oxygen atoms in total. The highest BCUT2D eigenvalue weighted by atomic mass is 35.5. The number of fused-ring (bicyclic) bond motifs is 1. The first kappa shape index (κ1) is 19.6. The van der Waals surface area contributed by atoms with Crippen molar-refractivity contribution in [1.82, 2.24) is 14.6 Å². The molecule has 0 aliphatic rings. The van der Waals surface area contributed by atoms with E-state index in [1.807, 2.05) is 0 Å². The summed E-state index contributed by atoms with van der Waals surface area (Å²) in [6.07, 6.45) is -4.78. The quantitative estimate of drug-likeness (QED) is 0.365. The molecule has 11 heteroatoms. The number of nitro benzene ring substituents is 1. The van der Waals surface area contributed by atoms with Gasteiger partial charge in [0.05, 0.1) is 16.2 Å². The summed E-state index contributed by atoms with van der Waals surface area (Å²) in [6.45, 7) is 0. The van der Waals surface area contributed by atoms with Crippen molar-refractivity contribution in [3.05, 3.63) is 85.8 Å². The molecule has 0 saturated carbocycles. The molecule has 0 atom stereocenters. The minimum atomic E-state index is -4.78. The van der Waals surface area contributed by atoms with Gasteiger partial charge in [0.1, 0.15) is 5.69 Å². The van der Waals surface area contributed by atoms with Gasteiger partial charge in [-0.05, 0) is 29.8 Å². The van der Waals surface area contributed by atoms with Crippen LogP contribution in [0.1, 0.15) is 5.69 Å². The molecular formula is C19H10ClF3N4O3. The molecular weight excluding hydrogens is 425 g/mol. The second-order valence-corrected chi connectivity index (χ2v) is 6.75. The fourth-order valence-corrected chi connectivity index (χ4v) is 3.16. The van der Waals surface area contributed by atoms with Crippen molar-refractivity contribution in [2.24, 2.45) is 0 Å². The molecule has 0 fully saturated rings. The molecule has 4 aromatic rings. The molecule has 0 spiro atoms. The number of nitro groups is 1. The Morgan fingerprint density at radius 1 is 1.03 bits per heavy atom. The lowest BCUT2D eigenvalue weighted by atomic mass is 10.1. The molecule has 0 radical (unpaired) electrons. The van der Waals surface area contributed by atoms with Crippen LogP contribution < -0.4 is 5.56 Å². The first-order valence-corrected chi connectivity index (χ1v) is 8.76. The van der Waals surface area contributed by atoms with E-state index in [-0.39, 0.29) is 28.2 Å². The number of rotatable bonds is 3. The van der Waals surface area contributed by atoms with Crippen LogP contribution in [-0.2, 0) is 6.18 Å². The first-order valence-electron chi connectivity index (χ1n) is 8.39. The molecule has 0 unspecified atom stereocenters. The highest BCUT2D eigenvalue weighted by molar-refractivity contribution is 6.30. The minimum Gasteiger partial charge on any atom is -0.284 e. The van der Waals surface area contributed by atoms with E-state index in [0.29, 0.717) is 15.1 Å². The molecule has 0 aliphatic heterocycles. The number of nitrogens with one attached hydrogen (secondary N) is 1. The number of non-ortho nitro benzene ring substituents is 1. The lowest BCUT2D eigenvalue weighted by Crippen LogP contribution is -2.15. The van der Waals surface area contributed by atoms with E-state index in [2.05, 4.69) is 10.1 Å². The zero-order valence-corrected chi connectivity index (χ0v) is 15.5. The van der Waals surface area contributed by atoms with Crippen molar-refractivity contribution in [2.75, 3.05) is 0 Å². The van der Waals surface area contributed by atoms with Crippen LogP contribution in [0.5, 0.6) is 0 Å². The van der Waals surface area contributed by atoms with E-state index in [9.17, 15) is 28.1 Å². The lowest BCUT2D eigenvalue weighted by Gasteiger charge is -2.07. The van der Waals surface area contributed by atoms with Crippen molar-refractivity contribution in [1.29, 1.82) is 0 Å². The number of hydrogen-bond donors (Lipinski definition) is 1. The Labute approximate surface area is 170 Å². The summed E-state index contributed by atoms with van der Waals surface area (Å²) in [6, 6.07) is 11.9. The van der Waals surface area contributed by atoms with Gasteiger partial charge in [-0.15, -0.1) is 0 Å². The number of hydrogen-bond acceptors (Lipinski definition) is 4. The van der Waals surface area contributed by atoms with Crippen LogP contribution in [-0.4, -0.2) is 19.5 Å². The predicted molar refractivity (Wildman–Crippen MR) is 103 cm³/mol. The van der Waals surface area contributed by atoms with Crippen molar-refractivity contribution in [3.63, 3.8) is 0 Å². The Hall–Kier alpha value is -3.66. The zero-order valence-electron chi connectivity index (χ0n) is 14.8. The average molecular weight is 435 g/mol. The average Bonchev–Trinajstić information content (AvgIpc) is 3.09. The molecule has 1 N–H and O–H groups in total. The van der Waals surface area contributed by atoms with Gasteiger partial charge in [-0.25, -0.2) is 9.50 Å². The number of H-pyrrole nitrogens is 1. The molecule has 2 heterocycles. The van der Waals surface area contributed by atoms with Crippen LogP contribution in [0.2, 0.25) is 5.02 Å². The van der Waals surface area contributed by atoms with Gasteiger partial charge < -0.3 is 0 Å². The van der Waals surface area contributed by atoms with E-state index in [1.54, 1.807) is 0 Å². The molecule has 2 aromatic heterocycles. The number of aromatic amines is 1. The normalized spacial score (nSPS) is 11.7. The van der Waals surface area contributed by atoms with Crippen LogP contribution in [0, 0.1) is 10.1 Å². The topological polar surface area (TPSA) is 93.3 Å². The molecule has 30 heavy (non-hydrogen) atoms. The fourth-order valence-electron chi connectivity index (χ4n) is 3.03. The summed E-state index contributed by atoms with van der Waals surface area (Å²) in [5.41, 5.74) is -2.01. The second kappa shape index (κ2) is 6.99. The van der Waals surface area contributed by atoms with Gasteiger partial charge in [0, 0.05) is 28.8 Å². The van der Waals surface area contributed by atoms with Gasteiger partial charge in [-0.2, -0.15) is 13.2 Å². The molecule has 2 aromatic carbocycles. The number of aromatic nitrogens is 3. The maximum atomic E-state index is 13.7. The highest BCUT2D eigenvalue weighted by Gasteiger charge is 2.38. The highest BCUT2D eigenvalue weighted by Crippen LogP contribution is 2.38. The largest absolute Gasteiger partial charge is 0.433 e. The van der Waals surface area contributed by atoms with Gasteiger partial charge in [0.15, 0.2) is 5.65 Å². The van der Waals surface area contributed by atoms with E-state index in [1.165, 1.54) is 48.5 Å². The second-order valence-electron chi connectivity index (χ2n) is 6.31. The van der Waals surface area contributed by atoms with Crippen LogP contribution in [0.15, 0.2) is 59.4 Å². The van der Waals surface area contributed by atoms with Gasteiger partial charge in [0.25, 0.3) is 11.2 Å². The molecule has 0 aliphatic carbocycles. The van der Waals surface area contributed by atoms with Crippen molar-refractivity contribution < 1.29 is 18.1 Å². The Balaban J connectivity index is 1.99. The lowest BCUT2D eigenvalue weighted by molar-refractivity contribution is -0.384. The first-order chi connectivity index (χ1) is 14.1. The molecule has 4 rings (SSSR count). The Morgan fingerprint density at radius 3 is 2.20 bits per heavy atom. The van der Waals surface area contributed by atoms with Gasteiger partial charge in [0.2, 0.25) is 0 Å².